The molecule has 7 heteroatoms. The van der Waals surface area contributed by atoms with E-state index in [-0.39, 0.29) is 18.4 Å². The highest BCUT2D eigenvalue weighted by molar-refractivity contribution is 7.13. The lowest BCUT2D eigenvalue weighted by molar-refractivity contribution is -0.114. The van der Waals surface area contributed by atoms with E-state index in [1.165, 1.54) is 18.3 Å². The highest BCUT2D eigenvalue weighted by Gasteiger charge is 2.13. The molecule has 1 heterocycles. The Morgan fingerprint density at radius 1 is 1.04 bits per heavy atom. The first-order valence-electron chi connectivity index (χ1n) is 7.92. The normalized spacial score (nSPS) is 10.2. The van der Waals surface area contributed by atoms with Crippen molar-refractivity contribution in [1.29, 1.82) is 0 Å². The van der Waals surface area contributed by atoms with Crippen molar-refractivity contribution < 1.29 is 14.3 Å². The van der Waals surface area contributed by atoms with Gasteiger partial charge in [0.2, 0.25) is 5.91 Å². The Morgan fingerprint density at radius 2 is 1.77 bits per heavy atom. The van der Waals surface area contributed by atoms with E-state index in [1.807, 2.05) is 30.3 Å². The topological polar surface area (TPSA) is 80.3 Å². The second-order valence-corrected chi connectivity index (χ2v) is 6.29. The van der Waals surface area contributed by atoms with Gasteiger partial charge in [-0.3, -0.25) is 9.59 Å². The molecule has 0 aliphatic carbocycles. The number of ether oxygens (including phenoxy) is 1. The molecule has 0 aliphatic heterocycles. The van der Waals surface area contributed by atoms with E-state index in [9.17, 15) is 9.59 Å². The van der Waals surface area contributed by atoms with Crippen molar-refractivity contribution in [3.05, 3.63) is 71.2 Å². The zero-order valence-corrected chi connectivity index (χ0v) is 14.9. The van der Waals surface area contributed by atoms with E-state index in [1.54, 1.807) is 29.6 Å². The van der Waals surface area contributed by atoms with Crippen molar-refractivity contribution in [2.45, 2.75) is 13.5 Å². The molecule has 26 heavy (non-hydrogen) atoms. The summed E-state index contributed by atoms with van der Waals surface area (Å²) in [4.78, 5) is 27.8. The molecule has 0 bridgehead atoms. The predicted octanol–water partition coefficient (Wildman–Crippen LogP) is 3.93. The molecule has 3 rings (SSSR count). The van der Waals surface area contributed by atoms with Gasteiger partial charge in [0, 0.05) is 18.0 Å². The summed E-state index contributed by atoms with van der Waals surface area (Å²) < 4.78 is 5.77. The molecular weight excluding hydrogens is 350 g/mol. The first-order valence-corrected chi connectivity index (χ1v) is 8.80. The quantitative estimate of drug-likeness (QED) is 0.692. The first-order chi connectivity index (χ1) is 12.6. The van der Waals surface area contributed by atoms with E-state index < -0.39 is 0 Å². The number of aromatic nitrogens is 1. The number of nitrogens with one attached hydrogen (secondary N) is 2. The molecular formula is C19H17N3O3S. The van der Waals surface area contributed by atoms with Crippen molar-refractivity contribution in [1.82, 2.24) is 4.98 Å². The van der Waals surface area contributed by atoms with E-state index in [4.69, 9.17) is 4.74 Å². The van der Waals surface area contributed by atoms with Gasteiger partial charge in [0.1, 0.15) is 12.4 Å². The number of carbonyl (C=O) groups is 2. The largest absolute Gasteiger partial charge is 0.486 e. The minimum absolute atomic E-state index is 0.172. The van der Waals surface area contributed by atoms with Gasteiger partial charge in [0.05, 0.1) is 11.3 Å². The average molecular weight is 367 g/mol. The van der Waals surface area contributed by atoms with Crippen molar-refractivity contribution in [3.63, 3.8) is 0 Å². The van der Waals surface area contributed by atoms with Gasteiger partial charge in [-0.1, -0.05) is 30.3 Å². The summed E-state index contributed by atoms with van der Waals surface area (Å²) in [5.41, 5.74) is 1.83. The molecule has 0 radical (unpaired) electrons. The van der Waals surface area contributed by atoms with Crippen molar-refractivity contribution in [3.8, 4) is 5.75 Å². The van der Waals surface area contributed by atoms with Gasteiger partial charge in [-0.05, 0) is 24.3 Å². The minimum atomic E-state index is -0.246. The SMILES string of the molecule is CC(=O)Nc1nc(COc2ccccc2C(=O)Nc2ccccc2)cs1. The molecule has 132 valence electrons. The Hall–Kier alpha value is -3.19. The number of nitrogens with zero attached hydrogens (tertiary/aromatic N) is 1. The maximum Gasteiger partial charge on any atom is 0.259 e. The van der Waals surface area contributed by atoms with Crippen LogP contribution in [0.4, 0.5) is 10.8 Å². The number of hydrogen-bond donors (Lipinski definition) is 2. The van der Waals surface area contributed by atoms with E-state index in [2.05, 4.69) is 15.6 Å². The van der Waals surface area contributed by atoms with Crippen LogP contribution in [0.1, 0.15) is 23.0 Å². The zero-order chi connectivity index (χ0) is 18.4. The summed E-state index contributed by atoms with van der Waals surface area (Å²) >= 11 is 1.32. The summed E-state index contributed by atoms with van der Waals surface area (Å²) in [6.07, 6.45) is 0. The van der Waals surface area contributed by atoms with Crippen molar-refractivity contribution >= 4 is 34.0 Å². The average Bonchev–Trinajstić information content (AvgIpc) is 3.07. The standard InChI is InChI=1S/C19H17N3O3S/c1-13(23)20-19-22-15(12-26-19)11-25-17-10-6-5-9-16(17)18(24)21-14-7-3-2-4-8-14/h2-10,12H,11H2,1H3,(H,21,24)(H,20,22,23). The van der Waals surface area contributed by atoms with Crippen LogP contribution in [0.5, 0.6) is 5.75 Å². The molecule has 0 atom stereocenters. The van der Waals surface area contributed by atoms with Crippen molar-refractivity contribution in [2.24, 2.45) is 0 Å². The molecule has 0 fully saturated rings. The number of para-hydroxylation sites is 2. The molecule has 6 nitrogen and oxygen atoms in total. The van der Waals surface area contributed by atoms with Gasteiger partial charge in [0.25, 0.3) is 5.91 Å². The third kappa shape index (κ3) is 4.67. The van der Waals surface area contributed by atoms with Crippen LogP contribution in [0.25, 0.3) is 0 Å². The Balaban J connectivity index is 1.68. The lowest BCUT2D eigenvalue weighted by Gasteiger charge is -2.11. The Bertz CT molecular complexity index is 909. The van der Waals surface area contributed by atoms with Crippen LogP contribution in [0, 0.1) is 0 Å². The van der Waals surface area contributed by atoms with E-state index in [0.29, 0.717) is 27.8 Å². The summed E-state index contributed by atoms with van der Waals surface area (Å²) in [5.74, 6) is 0.0498. The fraction of sp³-hybridized carbons (Fsp3) is 0.105. The minimum Gasteiger partial charge on any atom is -0.486 e. The van der Waals surface area contributed by atoms with Crippen LogP contribution in [0.2, 0.25) is 0 Å². The maximum atomic E-state index is 12.5. The fourth-order valence-electron chi connectivity index (χ4n) is 2.23. The van der Waals surface area contributed by atoms with Crippen LogP contribution in [0.15, 0.2) is 60.0 Å². The lowest BCUT2D eigenvalue weighted by Crippen LogP contribution is -2.13. The van der Waals surface area contributed by atoms with Crippen LogP contribution < -0.4 is 15.4 Å². The molecule has 0 saturated carbocycles. The maximum absolute atomic E-state index is 12.5. The van der Waals surface area contributed by atoms with E-state index >= 15 is 0 Å². The summed E-state index contributed by atoms with van der Waals surface area (Å²) in [5, 5.41) is 7.79. The van der Waals surface area contributed by atoms with Crippen LogP contribution >= 0.6 is 11.3 Å². The molecule has 0 unspecified atom stereocenters. The number of carbonyl (C=O) groups excluding carboxylic acids is 2. The summed E-state index contributed by atoms with van der Waals surface area (Å²) in [6.45, 7) is 1.63. The summed E-state index contributed by atoms with van der Waals surface area (Å²) in [6, 6.07) is 16.3. The van der Waals surface area contributed by atoms with Gasteiger partial charge in [-0.25, -0.2) is 4.98 Å². The third-order valence-electron chi connectivity index (χ3n) is 3.37. The predicted molar refractivity (Wildman–Crippen MR) is 102 cm³/mol. The molecule has 0 aliphatic rings. The number of rotatable bonds is 6. The van der Waals surface area contributed by atoms with Crippen molar-refractivity contribution in [2.75, 3.05) is 10.6 Å². The molecule has 3 aromatic rings. The van der Waals surface area contributed by atoms with Crippen LogP contribution in [0.3, 0.4) is 0 Å². The number of anilines is 2. The van der Waals surface area contributed by atoms with Gasteiger partial charge >= 0.3 is 0 Å². The number of benzene rings is 2. The highest BCUT2D eigenvalue weighted by atomic mass is 32.1. The molecule has 2 N–H and O–H groups in total. The number of amides is 2. The number of thiazole rings is 1. The molecule has 1 aromatic heterocycles. The Morgan fingerprint density at radius 3 is 2.54 bits per heavy atom. The molecule has 2 amide bonds. The van der Waals surface area contributed by atoms with Crippen LogP contribution in [-0.4, -0.2) is 16.8 Å². The second-order valence-electron chi connectivity index (χ2n) is 5.43. The highest BCUT2D eigenvalue weighted by Crippen LogP contribution is 2.22. The van der Waals surface area contributed by atoms with Gasteiger partial charge in [0.15, 0.2) is 5.13 Å². The summed E-state index contributed by atoms with van der Waals surface area (Å²) in [7, 11) is 0. The monoisotopic (exact) mass is 367 g/mol. The molecule has 0 saturated heterocycles. The van der Waals surface area contributed by atoms with Gasteiger partial charge in [-0.15, -0.1) is 11.3 Å². The van der Waals surface area contributed by atoms with Gasteiger partial charge in [-0.2, -0.15) is 0 Å². The molecule has 0 spiro atoms. The van der Waals surface area contributed by atoms with Crippen LogP contribution in [-0.2, 0) is 11.4 Å². The van der Waals surface area contributed by atoms with Gasteiger partial charge < -0.3 is 15.4 Å². The first kappa shape index (κ1) is 17.6. The zero-order valence-electron chi connectivity index (χ0n) is 14.1. The second kappa shape index (κ2) is 8.26. The smallest absolute Gasteiger partial charge is 0.259 e. The third-order valence-corrected chi connectivity index (χ3v) is 4.18. The fourth-order valence-corrected chi connectivity index (χ4v) is 2.97. The Labute approximate surface area is 154 Å². The lowest BCUT2D eigenvalue weighted by atomic mass is 10.2. The molecule has 2 aromatic carbocycles. The van der Waals surface area contributed by atoms with E-state index in [0.717, 1.165) is 0 Å². The number of hydrogen-bond acceptors (Lipinski definition) is 5. The Kier molecular flexibility index (Phi) is 5.60.